The van der Waals surface area contributed by atoms with E-state index in [1.165, 1.54) is 6.26 Å². The van der Waals surface area contributed by atoms with Crippen molar-refractivity contribution in [2.75, 3.05) is 45.3 Å². The first-order chi connectivity index (χ1) is 16.2. The van der Waals surface area contributed by atoms with Crippen LogP contribution in [0.3, 0.4) is 0 Å². The highest BCUT2D eigenvalue weighted by molar-refractivity contribution is 5.94. The summed E-state index contributed by atoms with van der Waals surface area (Å²) in [4.78, 5) is 26.4. The number of piperazine rings is 1. The predicted molar refractivity (Wildman–Crippen MR) is 125 cm³/mol. The number of carbonyl (C=O) groups excluding carboxylic acids is 1. The first kappa shape index (κ1) is 20.8. The molecule has 0 bridgehead atoms. The van der Waals surface area contributed by atoms with Crippen LogP contribution < -0.4 is 14.4 Å². The summed E-state index contributed by atoms with van der Waals surface area (Å²) in [6.07, 6.45) is 1.52. The summed E-state index contributed by atoms with van der Waals surface area (Å²) in [7, 11) is 3.22. The number of fused-ring (bicyclic) bond motifs is 1. The van der Waals surface area contributed by atoms with Crippen LogP contribution in [0.1, 0.15) is 10.6 Å². The fourth-order valence-electron chi connectivity index (χ4n) is 4.07. The van der Waals surface area contributed by atoms with Gasteiger partial charge in [0.15, 0.2) is 23.1 Å². The van der Waals surface area contributed by atoms with E-state index in [4.69, 9.17) is 23.9 Å². The van der Waals surface area contributed by atoms with Crippen LogP contribution in [0, 0.1) is 0 Å². The molecule has 5 rings (SSSR count). The third-order valence-electron chi connectivity index (χ3n) is 5.81. The van der Waals surface area contributed by atoms with Crippen molar-refractivity contribution in [1.82, 2.24) is 14.9 Å². The number of furan rings is 1. The van der Waals surface area contributed by atoms with Gasteiger partial charge in [-0.1, -0.05) is 30.3 Å². The van der Waals surface area contributed by atoms with E-state index in [0.29, 0.717) is 49.3 Å². The van der Waals surface area contributed by atoms with Crippen LogP contribution in [0.5, 0.6) is 11.5 Å². The van der Waals surface area contributed by atoms with Gasteiger partial charge in [0, 0.05) is 43.2 Å². The highest BCUT2D eigenvalue weighted by Crippen LogP contribution is 2.36. The lowest BCUT2D eigenvalue weighted by Crippen LogP contribution is -2.49. The van der Waals surface area contributed by atoms with E-state index in [1.807, 2.05) is 42.5 Å². The Labute approximate surface area is 191 Å². The lowest BCUT2D eigenvalue weighted by molar-refractivity contribution is 0.0714. The number of rotatable bonds is 5. The molecule has 0 spiro atoms. The predicted octanol–water partition coefficient (Wildman–Crippen LogP) is 3.87. The zero-order chi connectivity index (χ0) is 22.8. The number of benzene rings is 2. The molecule has 1 saturated heterocycles. The molecule has 2 aromatic carbocycles. The Morgan fingerprint density at radius 3 is 2.30 bits per heavy atom. The zero-order valence-electron chi connectivity index (χ0n) is 18.5. The molecular weight excluding hydrogens is 420 g/mol. The molecular formula is C25H24N4O4. The van der Waals surface area contributed by atoms with Crippen molar-refractivity contribution in [3.63, 3.8) is 0 Å². The number of aromatic nitrogens is 2. The molecule has 168 valence electrons. The Hall–Kier alpha value is -4.07. The molecule has 3 heterocycles. The quantitative estimate of drug-likeness (QED) is 0.462. The highest BCUT2D eigenvalue weighted by Gasteiger charge is 2.26. The van der Waals surface area contributed by atoms with Crippen molar-refractivity contribution in [3.8, 4) is 22.9 Å². The van der Waals surface area contributed by atoms with Gasteiger partial charge >= 0.3 is 0 Å². The van der Waals surface area contributed by atoms with Crippen molar-refractivity contribution in [2.45, 2.75) is 0 Å². The van der Waals surface area contributed by atoms with E-state index in [-0.39, 0.29) is 5.91 Å². The van der Waals surface area contributed by atoms with E-state index in [9.17, 15) is 4.79 Å². The van der Waals surface area contributed by atoms with Gasteiger partial charge < -0.3 is 23.7 Å². The van der Waals surface area contributed by atoms with Gasteiger partial charge in [-0.15, -0.1) is 0 Å². The number of carbonyl (C=O) groups is 1. The number of amides is 1. The van der Waals surface area contributed by atoms with Gasteiger partial charge in [-0.3, -0.25) is 4.79 Å². The number of ether oxygens (including phenoxy) is 2. The maximum Gasteiger partial charge on any atom is 0.289 e. The number of hydrogen-bond acceptors (Lipinski definition) is 7. The fraction of sp³-hybridized carbons (Fsp3) is 0.240. The van der Waals surface area contributed by atoms with Gasteiger partial charge in [0.25, 0.3) is 5.91 Å². The lowest BCUT2D eigenvalue weighted by atomic mass is 10.1. The topological polar surface area (TPSA) is 80.9 Å². The summed E-state index contributed by atoms with van der Waals surface area (Å²) < 4.78 is 16.3. The SMILES string of the molecule is COc1cc2nc(-c3ccccc3)nc(N3CCN(C(=O)c4ccco4)CC3)c2cc1OC. The van der Waals surface area contributed by atoms with Crippen molar-refractivity contribution in [2.24, 2.45) is 0 Å². The first-order valence-corrected chi connectivity index (χ1v) is 10.7. The second-order valence-corrected chi connectivity index (χ2v) is 7.72. The monoisotopic (exact) mass is 444 g/mol. The van der Waals surface area contributed by atoms with Crippen molar-refractivity contribution in [3.05, 3.63) is 66.6 Å². The Morgan fingerprint density at radius 2 is 1.64 bits per heavy atom. The van der Waals surface area contributed by atoms with Crippen LogP contribution in [0.2, 0.25) is 0 Å². The van der Waals surface area contributed by atoms with Crippen molar-refractivity contribution in [1.29, 1.82) is 0 Å². The molecule has 1 aliphatic heterocycles. The third-order valence-corrected chi connectivity index (χ3v) is 5.81. The Balaban J connectivity index is 1.53. The van der Waals surface area contributed by atoms with Crippen LogP contribution in [-0.2, 0) is 0 Å². The smallest absolute Gasteiger partial charge is 0.289 e. The van der Waals surface area contributed by atoms with Crippen molar-refractivity contribution < 1.29 is 18.7 Å². The van der Waals surface area contributed by atoms with Gasteiger partial charge in [0.2, 0.25) is 0 Å². The number of methoxy groups -OCH3 is 2. The minimum Gasteiger partial charge on any atom is -0.493 e. The first-order valence-electron chi connectivity index (χ1n) is 10.7. The minimum absolute atomic E-state index is 0.0939. The maximum atomic E-state index is 12.7. The van der Waals surface area contributed by atoms with Crippen LogP contribution in [0.15, 0.2) is 65.3 Å². The molecule has 8 heteroatoms. The Bertz CT molecular complexity index is 1270. The summed E-state index contributed by atoms with van der Waals surface area (Å²) in [5, 5.41) is 0.873. The second-order valence-electron chi connectivity index (χ2n) is 7.72. The summed E-state index contributed by atoms with van der Waals surface area (Å²) in [6.45, 7) is 2.42. The zero-order valence-corrected chi connectivity index (χ0v) is 18.5. The average Bonchev–Trinajstić information content (AvgIpc) is 3.42. The minimum atomic E-state index is -0.0939. The van der Waals surface area contributed by atoms with E-state index in [2.05, 4.69) is 4.90 Å². The standard InChI is InChI=1S/C25H24N4O4/c1-31-21-15-18-19(16-22(21)32-2)26-23(17-7-4-3-5-8-17)27-24(18)28-10-12-29(13-11-28)25(30)20-9-6-14-33-20/h3-9,14-16H,10-13H2,1-2H3. The molecule has 1 amide bonds. The molecule has 8 nitrogen and oxygen atoms in total. The molecule has 0 aliphatic carbocycles. The van der Waals surface area contributed by atoms with Gasteiger partial charge in [-0.05, 0) is 18.2 Å². The normalized spacial score (nSPS) is 13.9. The number of nitrogens with zero attached hydrogens (tertiary/aromatic N) is 4. The molecule has 2 aromatic heterocycles. The Kier molecular flexibility index (Phi) is 5.56. The number of hydrogen-bond donors (Lipinski definition) is 0. The molecule has 0 atom stereocenters. The van der Waals surface area contributed by atoms with Crippen LogP contribution >= 0.6 is 0 Å². The van der Waals surface area contributed by atoms with E-state index in [0.717, 1.165) is 22.3 Å². The number of anilines is 1. The molecule has 0 saturated carbocycles. The third kappa shape index (κ3) is 3.95. The summed E-state index contributed by atoms with van der Waals surface area (Å²) >= 11 is 0. The van der Waals surface area contributed by atoms with Crippen molar-refractivity contribution >= 4 is 22.6 Å². The molecule has 0 unspecified atom stereocenters. The van der Waals surface area contributed by atoms with E-state index in [1.54, 1.807) is 31.3 Å². The largest absolute Gasteiger partial charge is 0.493 e. The van der Waals surface area contributed by atoms with Gasteiger partial charge in [-0.2, -0.15) is 0 Å². The van der Waals surface area contributed by atoms with Gasteiger partial charge in [-0.25, -0.2) is 9.97 Å². The molecule has 0 radical (unpaired) electrons. The van der Waals surface area contributed by atoms with Crippen LogP contribution in [0.4, 0.5) is 5.82 Å². The molecule has 1 aliphatic rings. The maximum absolute atomic E-state index is 12.7. The van der Waals surface area contributed by atoms with Gasteiger partial charge in [0.1, 0.15) is 5.82 Å². The highest BCUT2D eigenvalue weighted by atomic mass is 16.5. The second kappa shape index (κ2) is 8.82. The Morgan fingerprint density at radius 1 is 0.909 bits per heavy atom. The molecule has 0 N–H and O–H groups in total. The average molecular weight is 444 g/mol. The van der Waals surface area contributed by atoms with Crippen LogP contribution in [0.25, 0.3) is 22.3 Å². The molecule has 33 heavy (non-hydrogen) atoms. The summed E-state index contributed by atoms with van der Waals surface area (Å²) in [5.74, 6) is 2.95. The van der Waals surface area contributed by atoms with Crippen LogP contribution in [-0.4, -0.2) is 61.2 Å². The molecule has 1 fully saturated rings. The van der Waals surface area contributed by atoms with Gasteiger partial charge in [0.05, 0.1) is 26.0 Å². The lowest BCUT2D eigenvalue weighted by Gasteiger charge is -2.35. The summed E-state index contributed by atoms with van der Waals surface area (Å²) in [5.41, 5.74) is 1.70. The van der Waals surface area contributed by atoms with E-state index >= 15 is 0 Å². The fourth-order valence-corrected chi connectivity index (χ4v) is 4.07. The summed E-state index contributed by atoms with van der Waals surface area (Å²) in [6, 6.07) is 17.1. The van der Waals surface area contributed by atoms with E-state index < -0.39 is 0 Å². The molecule has 4 aromatic rings.